The van der Waals surface area contributed by atoms with Crippen molar-refractivity contribution in [3.63, 3.8) is 0 Å². The molecule has 2 aliphatic carbocycles. The van der Waals surface area contributed by atoms with Crippen molar-refractivity contribution < 1.29 is 28.2 Å². The number of carbonyl (C=O) groups excluding carboxylic acids is 2. The predicted molar refractivity (Wildman–Crippen MR) is 169 cm³/mol. The molecular formula is C32H44FN5O5Si. The van der Waals surface area contributed by atoms with Crippen LogP contribution in [0.4, 0.5) is 9.18 Å². The zero-order valence-corrected chi connectivity index (χ0v) is 27.4. The van der Waals surface area contributed by atoms with Crippen molar-refractivity contribution in [2.75, 3.05) is 13.2 Å². The molecule has 3 N–H and O–H groups in total. The van der Waals surface area contributed by atoms with E-state index in [1.54, 1.807) is 13.0 Å². The normalized spacial score (nSPS) is 18.8. The summed E-state index contributed by atoms with van der Waals surface area (Å²) in [6.07, 6.45) is 5.23. The number of aryl methyl sites for hydroxylation is 1. The molecule has 2 amide bonds. The van der Waals surface area contributed by atoms with E-state index >= 15 is 0 Å². The van der Waals surface area contributed by atoms with Gasteiger partial charge >= 0.3 is 6.09 Å². The number of fused-ring (bicyclic) bond motifs is 1. The van der Waals surface area contributed by atoms with Crippen molar-refractivity contribution in [2.45, 2.75) is 96.9 Å². The van der Waals surface area contributed by atoms with Gasteiger partial charge in [0.1, 0.15) is 41.9 Å². The Hall–Kier alpha value is -3.51. The van der Waals surface area contributed by atoms with E-state index < -0.39 is 14.2 Å². The van der Waals surface area contributed by atoms with Crippen LogP contribution in [0.5, 0.6) is 5.75 Å². The molecule has 2 saturated carbocycles. The summed E-state index contributed by atoms with van der Waals surface area (Å²) in [5, 5.41) is 3.18. The van der Waals surface area contributed by atoms with Crippen LogP contribution in [0.2, 0.25) is 25.7 Å². The Balaban J connectivity index is 1.51. The average Bonchev–Trinajstić information content (AvgIpc) is 3.74. The molecule has 2 aliphatic rings. The number of halogens is 1. The van der Waals surface area contributed by atoms with Crippen LogP contribution in [0.15, 0.2) is 18.5 Å². The van der Waals surface area contributed by atoms with Gasteiger partial charge in [-0.25, -0.2) is 19.2 Å². The fourth-order valence-electron chi connectivity index (χ4n) is 5.66. The Kier molecular flexibility index (Phi) is 9.59. The van der Waals surface area contributed by atoms with Gasteiger partial charge in [-0.1, -0.05) is 19.6 Å². The topological polar surface area (TPSA) is 131 Å². The molecule has 0 radical (unpaired) electrons. The van der Waals surface area contributed by atoms with Gasteiger partial charge in [0.2, 0.25) is 0 Å². The second-order valence-electron chi connectivity index (χ2n) is 13.4. The Morgan fingerprint density at radius 3 is 2.48 bits per heavy atom. The Labute approximate surface area is 258 Å². The first-order valence-electron chi connectivity index (χ1n) is 15.5. The van der Waals surface area contributed by atoms with Crippen LogP contribution < -0.4 is 15.8 Å². The van der Waals surface area contributed by atoms with E-state index in [2.05, 4.69) is 34.9 Å². The van der Waals surface area contributed by atoms with Gasteiger partial charge in [0.05, 0.1) is 17.7 Å². The number of primary amides is 1. The minimum atomic E-state index is -1.32. The van der Waals surface area contributed by atoms with Crippen molar-refractivity contribution in [2.24, 2.45) is 11.7 Å². The molecule has 1 aromatic carbocycles. The minimum Gasteiger partial charge on any atom is -0.492 e. The maximum absolute atomic E-state index is 14.8. The summed E-state index contributed by atoms with van der Waals surface area (Å²) >= 11 is 0. The smallest absolute Gasteiger partial charge is 0.404 e. The van der Waals surface area contributed by atoms with Crippen LogP contribution in [0, 0.1) is 25.6 Å². The van der Waals surface area contributed by atoms with Gasteiger partial charge < -0.3 is 29.8 Å². The number of hydrogen-bond donors (Lipinski definition) is 2. The summed E-state index contributed by atoms with van der Waals surface area (Å²) in [5.41, 5.74) is 9.16. The second-order valence-corrected chi connectivity index (χ2v) is 19.0. The molecule has 5 rings (SSSR count). The van der Waals surface area contributed by atoms with Gasteiger partial charge in [-0.3, -0.25) is 4.79 Å². The van der Waals surface area contributed by atoms with Crippen LogP contribution in [0.1, 0.15) is 60.1 Å². The van der Waals surface area contributed by atoms with Gasteiger partial charge in [-0.2, -0.15) is 0 Å². The molecule has 0 aliphatic heterocycles. The van der Waals surface area contributed by atoms with E-state index in [9.17, 15) is 14.0 Å². The number of rotatable bonds is 12. The number of hydrogen-bond acceptors (Lipinski definition) is 7. The van der Waals surface area contributed by atoms with Gasteiger partial charge in [0, 0.05) is 38.0 Å². The molecule has 10 nitrogen and oxygen atoms in total. The van der Waals surface area contributed by atoms with Crippen molar-refractivity contribution in [3.8, 4) is 17.0 Å². The summed E-state index contributed by atoms with van der Waals surface area (Å²) in [5.74, 6) is 0.321. The van der Waals surface area contributed by atoms with E-state index in [4.69, 9.17) is 19.9 Å². The number of aromatic nitrogens is 3. The maximum Gasteiger partial charge on any atom is 0.404 e. The number of nitrogens with one attached hydrogen (secondary N) is 1. The molecule has 0 atom stereocenters. The molecular weight excluding hydrogens is 581 g/mol. The molecule has 238 valence electrons. The zero-order chi connectivity index (χ0) is 31.6. The first-order chi connectivity index (χ1) is 20.9. The summed E-state index contributed by atoms with van der Waals surface area (Å²) in [6, 6.07) is 4.10. The maximum atomic E-state index is 14.8. The second kappa shape index (κ2) is 13.2. The van der Waals surface area contributed by atoms with Crippen LogP contribution >= 0.6 is 0 Å². The highest BCUT2D eigenvalue weighted by Crippen LogP contribution is 2.39. The van der Waals surface area contributed by atoms with Crippen LogP contribution in [0.25, 0.3) is 22.3 Å². The van der Waals surface area contributed by atoms with Gasteiger partial charge in [-0.05, 0) is 76.0 Å². The minimum absolute atomic E-state index is 0.0792. The van der Waals surface area contributed by atoms with E-state index in [1.807, 2.05) is 11.5 Å². The van der Waals surface area contributed by atoms with Crippen LogP contribution in [-0.2, 0) is 16.2 Å². The lowest BCUT2D eigenvalue weighted by Crippen LogP contribution is -2.40. The largest absolute Gasteiger partial charge is 0.492 e. The molecule has 2 heterocycles. The van der Waals surface area contributed by atoms with E-state index in [0.29, 0.717) is 89.7 Å². The van der Waals surface area contributed by atoms with Crippen LogP contribution in [-0.4, -0.2) is 60.0 Å². The number of carbonyl (C=O) groups is 2. The molecule has 2 fully saturated rings. The van der Waals surface area contributed by atoms with Gasteiger partial charge in [-0.15, -0.1) is 0 Å². The molecule has 12 heteroatoms. The van der Waals surface area contributed by atoms with Gasteiger partial charge in [0.25, 0.3) is 5.91 Å². The quantitative estimate of drug-likeness (QED) is 0.184. The van der Waals surface area contributed by atoms with Crippen LogP contribution in [0.3, 0.4) is 0 Å². The molecule has 0 unspecified atom stereocenters. The first kappa shape index (κ1) is 31.9. The molecule has 44 heavy (non-hydrogen) atoms. The molecule has 3 aromatic rings. The number of benzene rings is 1. The SMILES string of the molecule is Cc1cc(-c2ncnc3c(C(=O)NC4CCC(OC(N)=O)CC4)c(C)n(COCC[Si](C)(C)C)c23)c(OCC2CC2)cc1F. The monoisotopic (exact) mass is 625 g/mol. The van der Waals surface area contributed by atoms with Gasteiger partial charge in [0.15, 0.2) is 0 Å². The third-order valence-corrected chi connectivity index (χ3v) is 10.2. The predicted octanol–water partition coefficient (Wildman–Crippen LogP) is 6.09. The standard InChI is InChI=1S/C32H44FN5O5Si/c1-19-14-24(26(15-25(19)33)42-16-21-6-7-21)28-30-29(36-17-35-28)27(20(2)38(30)18-41-12-13-44(3,4)5)31(39)37-22-8-10-23(11-9-22)43-32(34)40/h14-15,17,21-23H,6-13,16,18H2,1-5H3,(H2,34,40)(H,37,39). The highest BCUT2D eigenvalue weighted by atomic mass is 28.3. The molecule has 0 spiro atoms. The number of amides is 2. The molecule has 0 saturated heterocycles. The summed E-state index contributed by atoms with van der Waals surface area (Å²) in [7, 11) is -1.32. The lowest BCUT2D eigenvalue weighted by Gasteiger charge is -2.28. The van der Waals surface area contributed by atoms with Crippen molar-refractivity contribution in [1.82, 2.24) is 19.9 Å². The first-order valence-corrected chi connectivity index (χ1v) is 19.2. The Bertz CT molecular complexity index is 1530. The number of ether oxygens (including phenoxy) is 3. The zero-order valence-electron chi connectivity index (χ0n) is 26.4. The third-order valence-electron chi connectivity index (χ3n) is 8.52. The molecule has 0 bridgehead atoms. The average molecular weight is 626 g/mol. The van der Waals surface area contributed by atoms with Crippen molar-refractivity contribution >= 4 is 31.1 Å². The summed E-state index contributed by atoms with van der Waals surface area (Å²) in [6.45, 7) is 11.8. The Morgan fingerprint density at radius 1 is 1.09 bits per heavy atom. The Morgan fingerprint density at radius 2 is 1.82 bits per heavy atom. The van der Waals surface area contributed by atoms with E-state index in [0.717, 1.165) is 18.9 Å². The number of nitrogens with zero attached hydrogens (tertiary/aromatic N) is 3. The lowest BCUT2D eigenvalue weighted by atomic mass is 9.92. The van der Waals surface area contributed by atoms with E-state index in [-0.39, 0.29) is 30.6 Å². The fourth-order valence-corrected chi connectivity index (χ4v) is 6.42. The fraction of sp³-hybridized carbons (Fsp3) is 0.562. The third kappa shape index (κ3) is 7.58. The van der Waals surface area contributed by atoms with Crippen molar-refractivity contribution in [1.29, 1.82) is 0 Å². The lowest BCUT2D eigenvalue weighted by molar-refractivity contribution is 0.0709. The summed E-state index contributed by atoms with van der Waals surface area (Å²) in [4.78, 5) is 34.3. The van der Waals surface area contributed by atoms with Crippen molar-refractivity contribution in [3.05, 3.63) is 41.1 Å². The summed E-state index contributed by atoms with van der Waals surface area (Å²) < 4.78 is 34.2. The highest BCUT2D eigenvalue weighted by molar-refractivity contribution is 6.76. The number of nitrogens with two attached hydrogens (primary N) is 1. The molecule has 2 aromatic heterocycles. The van der Waals surface area contributed by atoms with E-state index in [1.165, 1.54) is 12.4 Å². The highest BCUT2D eigenvalue weighted by Gasteiger charge is 2.30.